The lowest BCUT2D eigenvalue weighted by atomic mass is 10.1. The van der Waals surface area contributed by atoms with Gasteiger partial charge in [0.25, 0.3) is 5.91 Å². The highest BCUT2D eigenvalue weighted by Gasteiger charge is 2.18. The maximum atomic E-state index is 12.1. The van der Waals surface area contributed by atoms with Gasteiger partial charge in [0.15, 0.2) is 6.61 Å². The molecule has 0 aliphatic rings. The van der Waals surface area contributed by atoms with Crippen molar-refractivity contribution >= 4 is 27.5 Å². The predicted octanol–water partition coefficient (Wildman–Crippen LogP) is 2.33. The topological polar surface area (TPSA) is 75.7 Å². The normalized spacial score (nSPS) is 11.4. The van der Waals surface area contributed by atoms with E-state index in [-0.39, 0.29) is 28.2 Å². The van der Waals surface area contributed by atoms with Gasteiger partial charge in [0.2, 0.25) is 10.0 Å². The van der Waals surface area contributed by atoms with E-state index in [0.29, 0.717) is 6.54 Å². The molecule has 0 bridgehead atoms. The molecule has 0 unspecified atom stereocenters. The molecule has 1 N–H and O–H groups in total. The standard InChI is InChI=1S/C18H21ClN2O4S/c1-21(2)26(23,24)15-8-9-17(16(19)12-15)25-13-18(22)20-11-10-14-6-4-3-5-7-14/h3-9,12H,10-11,13H2,1-2H3,(H,20,22). The summed E-state index contributed by atoms with van der Waals surface area (Å²) in [7, 11) is -0.696. The lowest BCUT2D eigenvalue weighted by Gasteiger charge is -2.13. The highest BCUT2D eigenvalue weighted by Crippen LogP contribution is 2.28. The number of benzene rings is 2. The molecule has 0 aliphatic carbocycles. The van der Waals surface area contributed by atoms with E-state index in [1.54, 1.807) is 0 Å². The number of amides is 1. The lowest BCUT2D eigenvalue weighted by Crippen LogP contribution is -2.30. The first-order chi connectivity index (χ1) is 12.3. The quantitative estimate of drug-likeness (QED) is 0.743. The molecule has 26 heavy (non-hydrogen) atoms. The first-order valence-electron chi connectivity index (χ1n) is 7.96. The number of ether oxygens (including phenoxy) is 1. The number of carbonyl (C=O) groups excluding carboxylic acids is 1. The number of halogens is 1. The van der Waals surface area contributed by atoms with Crippen LogP contribution in [0.25, 0.3) is 0 Å². The third-order valence-electron chi connectivity index (χ3n) is 3.62. The molecule has 6 nitrogen and oxygen atoms in total. The summed E-state index contributed by atoms with van der Waals surface area (Å²) in [4.78, 5) is 11.9. The van der Waals surface area contributed by atoms with Crippen LogP contribution in [0.2, 0.25) is 5.02 Å². The summed E-state index contributed by atoms with van der Waals surface area (Å²) < 4.78 is 30.6. The monoisotopic (exact) mass is 396 g/mol. The predicted molar refractivity (Wildman–Crippen MR) is 101 cm³/mol. The molecule has 1 amide bonds. The van der Waals surface area contributed by atoms with Gasteiger partial charge in [-0.2, -0.15) is 0 Å². The zero-order valence-electron chi connectivity index (χ0n) is 14.6. The number of hydrogen-bond donors (Lipinski definition) is 1. The van der Waals surface area contributed by atoms with Crippen LogP contribution < -0.4 is 10.1 Å². The van der Waals surface area contributed by atoms with E-state index in [0.717, 1.165) is 16.3 Å². The van der Waals surface area contributed by atoms with Crippen molar-refractivity contribution < 1.29 is 17.9 Å². The summed E-state index contributed by atoms with van der Waals surface area (Å²) >= 11 is 6.07. The van der Waals surface area contributed by atoms with Crippen LogP contribution in [0.3, 0.4) is 0 Å². The Morgan fingerprint density at radius 2 is 1.85 bits per heavy atom. The van der Waals surface area contributed by atoms with Gasteiger partial charge >= 0.3 is 0 Å². The molecule has 0 atom stereocenters. The molecule has 0 aromatic heterocycles. The van der Waals surface area contributed by atoms with Gasteiger partial charge in [-0.1, -0.05) is 41.9 Å². The smallest absolute Gasteiger partial charge is 0.257 e. The van der Waals surface area contributed by atoms with Crippen LogP contribution in [0, 0.1) is 0 Å². The number of nitrogens with one attached hydrogen (secondary N) is 1. The van der Waals surface area contributed by atoms with Gasteiger partial charge in [-0.05, 0) is 30.2 Å². The highest BCUT2D eigenvalue weighted by molar-refractivity contribution is 7.89. The average molecular weight is 397 g/mol. The molecule has 2 rings (SSSR count). The number of nitrogens with zero attached hydrogens (tertiary/aromatic N) is 1. The Morgan fingerprint density at radius 1 is 1.15 bits per heavy atom. The van der Waals surface area contributed by atoms with E-state index in [4.69, 9.17) is 16.3 Å². The van der Waals surface area contributed by atoms with Crippen LogP contribution in [0.1, 0.15) is 5.56 Å². The SMILES string of the molecule is CN(C)S(=O)(=O)c1ccc(OCC(=O)NCCc2ccccc2)c(Cl)c1. The number of hydrogen-bond acceptors (Lipinski definition) is 4. The molecule has 0 saturated carbocycles. The summed E-state index contributed by atoms with van der Waals surface area (Å²) in [6.45, 7) is 0.300. The van der Waals surface area contributed by atoms with Crippen LogP contribution in [-0.2, 0) is 21.2 Å². The van der Waals surface area contributed by atoms with Crippen molar-refractivity contribution in [3.8, 4) is 5.75 Å². The van der Waals surface area contributed by atoms with E-state index in [1.807, 2.05) is 30.3 Å². The molecule has 0 saturated heterocycles. The number of sulfonamides is 1. The zero-order valence-corrected chi connectivity index (χ0v) is 16.2. The van der Waals surface area contributed by atoms with Crippen molar-refractivity contribution in [1.82, 2.24) is 9.62 Å². The minimum Gasteiger partial charge on any atom is -0.482 e. The molecule has 8 heteroatoms. The van der Waals surface area contributed by atoms with Crippen molar-refractivity contribution in [2.45, 2.75) is 11.3 Å². The van der Waals surface area contributed by atoms with Gasteiger partial charge < -0.3 is 10.1 Å². The van der Waals surface area contributed by atoms with Crippen LogP contribution in [0.4, 0.5) is 0 Å². The maximum absolute atomic E-state index is 12.1. The number of carbonyl (C=O) groups is 1. The van der Waals surface area contributed by atoms with Gasteiger partial charge in [0, 0.05) is 20.6 Å². The Balaban J connectivity index is 1.86. The van der Waals surface area contributed by atoms with Crippen molar-refractivity contribution in [3.05, 3.63) is 59.1 Å². The zero-order chi connectivity index (χ0) is 19.2. The van der Waals surface area contributed by atoms with E-state index in [2.05, 4.69) is 5.32 Å². The van der Waals surface area contributed by atoms with Gasteiger partial charge in [-0.15, -0.1) is 0 Å². The molecule has 2 aromatic rings. The van der Waals surface area contributed by atoms with Crippen molar-refractivity contribution in [2.75, 3.05) is 27.2 Å². The fourth-order valence-corrected chi connectivity index (χ4v) is 3.38. The second kappa shape index (κ2) is 9.02. The van der Waals surface area contributed by atoms with Crippen LogP contribution >= 0.6 is 11.6 Å². The molecule has 2 aromatic carbocycles. The second-order valence-corrected chi connectivity index (χ2v) is 8.31. The summed E-state index contributed by atoms with van der Waals surface area (Å²) in [6.07, 6.45) is 0.727. The fraction of sp³-hybridized carbons (Fsp3) is 0.278. The van der Waals surface area contributed by atoms with Crippen LogP contribution in [-0.4, -0.2) is 45.9 Å². The molecule has 140 valence electrons. The maximum Gasteiger partial charge on any atom is 0.257 e. The Morgan fingerprint density at radius 3 is 2.46 bits per heavy atom. The van der Waals surface area contributed by atoms with Crippen LogP contribution in [0.15, 0.2) is 53.4 Å². The number of rotatable bonds is 8. The molecule has 0 radical (unpaired) electrons. The van der Waals surface area contributed by atoms with E-state index in [9.17, 15) is 13.2 Å². The molecule has 0 heterocycles. The first-order valence-corrected chi connectivity index (χ1v) is 9.78. The Kier molecular flexibility index (Phi) is 7.02. The summed E-state index contributed by atoms with van der Waals surface area (Å²) in [5.41, 5.74) is 1.13. The third-order valence-corrected chi connectivity index (χ3v) is 5.73. The van der Waals surface area contributed by atoms with Gasteiger partial charge in [-0.3, -0.25) is 4.79 Å². The van der Waals surface area contributed by atoms with Crippen molar-refractivity contribution in [1.29, 1.82) is 0 Å². The second-order valence-electron chi connectivity index (χ2n) is 5.75. The summed E-state index contributed by atoms with van der Waals surface area (Å²) in [6, 6.07) is 14.0. The fourth-order valence-electron chi connectivity index (χ4n) is 2.16. The van der Waals surface area contributed by atoms with E-state index < -0.39 is 10.0 Å². The van der Waals surface area contributed by atoms with Crippen LogP contribution in [0.5, 0.6) is 5.75 Å². The van der Waals surface area contributed by atoms with Crippen molar-refractivity contribution in [2.24, 2.45) is 0 Å². The Hall–Kier alpha value is -2.09. The lowest BCUT2D eigenvalue weighted by molar-refractivity contribution is -0.123. The first kappa shape index (κ1) is 20.2. The molecular weight excluding hydrogens is 376 g/mol. The Bertz CT molecular complexity index is 855. The van der Waals surface area contributed by atoms with E-state index >= 15 is 0 Å². The molecule has 0 spiro atoms. The Labute approximate surface area is 158 Å². The molecular formula is C18H21ClN2O4S. The molecule has 0 aliphatic heterocycles. The largest absolute Gasteiger partial charge is 0.482 e. The van der Waals surface area contributed by atoms with Crippen molar-refractivity contribution in [3.63, 3.8) is 0 Å². The average Bonchev–Trinajstić information content (AvgIpc) is 2.61. The summed E-state index contributed by atoms with van der Waals surface area (Å²) in [5.74, 6) is -0.0235. The van der Waals surface area contributed by atoms with Gasteiger partial charge in [-0.25, -0.2) is 12.7 Å². The molecule has 0 fully saturated rings. The minimum atomic E-state index is -3.57. The van der Waals surface area contributed by atoms with E-state index in [1.165, 1.54) is 32.3 Å². The van der Waals surface area contributed by atoms with Gasteiger partial charge in [0.1, 0.15) is 5.75 Å². The minimum absolute atomic E-state index is 0.0622. The highest BCUT2D eigenvalue weighted by atomic mass is 35.5. The third kappa shape index (κ3) is 5.45. The van der Waals surface area contributed by atoms with Gasteiger partial charge in [0.05, 0.1) is 9.92 Å². The summed E-state index contributed by atoms with van der Waals surface area (Å²) in [5, 5.41) is 2.89.